The number of ether oxygens (including phenoxy) is 1. The Balaban J connectivity index is 3.49. The highest BCUT2D eigenvalue weighted by Crippen LogP contribution is 2.15. The molecule has 0 aliphatic heterocycles. The van der Waals surface area contributed by atoms with E-state index in [4.69, 9.17) is 4.74 Å². The van der Waals surface area contributed by atoms with Gasteiger partial charge in [-0.1, -0.05) is 200 Å². The molecule has 0 fully saturated rings. The van der Waals surface area contributed by atoms with Crippen molar-refractivity contribution in [2.24, 2.45) is 0 Å². The van der Waals surface area contributed by atoms with Gasteiger partial charge in [-0.2, -0.15) is 0 Å². The summed E-state index contributed by atoms with van der Waals surface area (Å²) in [6, 6.07) is -0.847. The van der Waals surface area contributed by atoms with Crippen LogP contribution in [0.2, 0.25) is 0 Å². The average Bonchev–Trinajstić information content (AvgIpc) is 3.01. The van der Waals surface area contributed by atoms with E-state index in [0.29, 0.717) is 13.2 Å². The van der Waals surface area contributed by atoms with Gasteiger partial charge in [-0.3, -0.25) is 9.59 Å². The zero-order chi connectivity index (χ0) is 32.2. The van der Waals surface area contributed by atoms with E-state index in [1.165, 1.54) is 173 Å². The van der Waals surface area contributed by atoms with Gasteiger partial charge in [0.1, 0.15) is 6.04 Å². The van der Waals surface area contributed by atoms with Crippen LogP contribution in [0, 0.1) is 0 Å². The van der Waals surface area contributed by atoms with Crippen molar-refractivity contribution < 1.29 is 19.4 Å². The van der Waals surface area contributed by atoms with Gasteiger partial charge >= 0.3 is 11.9 Å². The Labute approximate surface area is 274 Å². The lowest BCUT2D eigenvalue weighted by Crippen LogP contribution is -2.39. The van der Waals surface area contributed by atoms with Crippen LogP contribution < -0.4 is 5.32 Å². The molecule has 262 valence electrons. The largest absolute Gasteiger partial charge is 0.480 e. The van der Waals surface area contributed by atoms with Crippen molar-refractivity contribution in [3.8, 4) is 0 Å². The summed E-state index contributed by atoms with van der Waals surface area (Å²) in [5, 5.41) is 12.6. The van der Waals surface area contributed by atoms with Crippen LogP contribution in [0.5, 0.6) is 0 Å². The number of esters is 1. The molecule has 2 N–H and O–H groups in total. The molecule has 0 rings (SSSR count). The fourth-order valence-electron chi connectivity index (χ4n) is 6.08. The summed E-state index contributed by atoms with van der Waals surface area (Å²) in [7, 11) is 0. The van der Waals surface area contributed by atoms with E-state index < -0.39 is 18.0 Å². The molecular weight excluding hydrogens is 546 g/mol. The zero-order valence-electron chi connectivity index (χ0n) is 29.8. The number of aliphatic carboxylic acids is 1. The molecule has 0 amide bonds. The van der Waals surface area contributed by atoms with E-state index >= 15 is 0 Å². The second-order valence-electron chi connectivity index (χ2n) is 13.5. The van der Waals surface area contributed by atoms with Crippen molar-refractivity contribution in [3.63, 3.8) is 0 Å². The lowest BCUT2D eigenvalue weighted by molar-refractivity contribution is -0.149. The van der Waals surface area contributed by atoms with E-state index in [1.54, 1.807) is 0 Å². The smallest absolute Gasteiger partial charge is 0.321 e. The Kier molecular flexibility index (Phi) is 35.5. The molecule has 0 aliphatic rings. The van der Waals surface area contributed by atoms with Crippen LogP contribution in [0.1, 0.15) is 219 Å². The minimum atomic E-state index is -0.967. The number of carboxylic acids is 1. The van der Waals surface area contributed by atoms with Crippen LogP contribution in [0.4, 0.5) is 0 Å². The quantitative estimate of drug-likeness (QED) is 0.0532. The summed E-state index contributed by atoms with van der Waals surface area (Å²) in [5.41, 5.74) is 0. The molecule has 1 unspecified atom stereocenters. The molecule has 0 saturated heterocycles. The first-order chi connectivity index (χ1) is 21.6. The Morgan fingerprint density at radius 3 is 1.09 bits per heavy atom. The van der Waals surface area contributed by atoms with Gasteiger partial charge in [-0.25, -0.2) is 0 Å². The Morgan fingerprint density at radius 2 is 0.773 bits per heavy atom. The highest BCUT2D eigenvalue weighted by Gasteiger charge is 2.21. The van der Waals surface area contributed by atoms with Gasteiger partial charge in [-0.15, -0.1) is 0 Å². The van der Waals surface area contributed by atoms with Gasteiger partial charge in [-0.05, 0) is 19.4 Å². The first-order valence-electron chi connectivity index (χ1n) is 19.7. The number of unbranched alkanes of at least 4 members (excludes halogenated alkanes) is 29. The predicted molar refractivity (Wildman–Crippen MR) is 189 cm³/mol. The van der Waals surface area contributed by atoms with Crippen LogP contribution in [0.3, 0.4) is 0 Å². The Morgan fingerprint density at radius 1 is 0.477 bits per heavy atom. The van der Waals surface area contributed by atoms with Crippen LogP contribution in [-0.2, 0) is 14.3 Å². The van der Waals surface area contributed by atoms with Crippen LogP contribution in [-0.4, -0.2) is 36.2 Å². The third-order valence-electron chi connectivity index (χ3n) is 9.10. The average molecular weight is 624 g/mol. The molecule has 5 nitrogen and oxygen atoms in total. The van der Waals surface area contributed by atoms with E-state index in [0.717, 1.165) is 25.7 Å². The molecule has 0 spiro atoms. The molecule has 44 heavy (non-hydrogen) atoms. The Bertz CT molecular complexity index is 597. The summed E-state index contributed by atoms with van der Waals surface area (Å²) in [6.07, 6.45) is 40.6. The van der Waals surface area contributed by atoms with Gasteiger partial charge in [0, 0.05) is 0 Å². The summed E-state index contributed by atoms with van der Waals surface area (Å²) in [5.74, 6) is -1.37. The molecule has 0 aromatic heterocycles. The number of hydrogen-bond donors (Lipinski definition) is 2. The SMILES string of the molecule is CCCCCCCCCCCCCCCCCCNC(CC(=O)OCCCCCCCCCCCCCCCCC)C(=O)O. The first kappa shape index (κ1) is 42.9. The molecule has 0 heterocycles. The molecule has 0 bridgehead atoms. The minimum Gasteiger partial charge on any atom is -0.480 e. The third-order valence-corrected chi connectivity index (χ3v) is 9.10. The number of hydrogen-bond acceptors (Lipinski definition) is 4. The lowest BCUT2D eigenvalue weighted by Gasteiger charge is -2.14. The van der Waals surface area contributed by atoms with Crippen molar-refractivity contribution in [1.29, 1.82) is 0 Å². The number of carboxylic acid groups (broad SMARTS) is 1. The molecular formula is C39H77NO4. The standard InChI is InChI=1S/C39H77NO4/c1-3-5-7-9-11-13-15-17-19-20-22-24-26-28-30-32-34-40-37(39(42)43)36-38(41)44-35-33-31-29-27-25-23-21-18-16-14-12-10-8-6-4-2/h37,40H,3-36H2,1-2H3,(H,42,43). The maximum atomic E-state index is 12.2. The van der Waals surface area contributed by atoms with Crippen LogP contribution >= 0.6 is 0 Å². The van der Waals surface area contributed by atoms with E-state index in [1.807, 2.05) is 0 Å². The summed E-state index contributed by atoms with van der Waals surface area (Å²) < 4.78 is 5.33. The van der Waals surface area contributed by atoms with Crippen molar-refractivity contribution in [2.75, 3.05) is 13.2 Å². The molecule has 0 saturated carbocycles. The van der Waals surface area contributed by atoms with Crippen molar-refractivity contribution in [3.05, 3.63) is 0 Å². The maximum Gasteiger partial charge on any atom is 0.321 e. The summed E-state index contributed by atoms with van der Waals surface area (Å²) in [4.78, 5) is 23.8. The van der Waals surface area contributed by atoms with E-state index in [2.05, 4.69) is 19.2 Å². The van der Waals surface area contributed by atoms with Crippen molar-refractivity contribution in [2.45, 2.75) is 225 Å². The van der Waals surface area contributed by atoms with Crippen LogP contribution in [0.25, 0.3) is 0 Å². The van der Waals surface area contributed by atoms with E-state index in [9.17, 15) is 14.7 Å². The van der Waals surface area contributed by atoms with Crippen molar-refractivity contribution in [1.82, 2.24) is 5.32 Å². The Hall–Kier alpha value is -1.10. The molecule has 5 heteroatoms. The normalized spacial score (nSPS) is 12.0. The summed E-state index contributed by atoms with van der Waals surface area (Å²) >= 11 is 0. The second-order valence-corrected chi connectivity index (χ2v) is 13.5. The molecule has 0 aliphatic carbocycles. The number of rotatable bonds is 37. The predicted octanol–water partition coefficient (Wildman–Crippen LogP) is 12.1. The van der Waals surface area contributed by atoms with Crippen LogP contribution in [0.15, 0.2) is 0 Å². The topological polar surface area (TPSA) is 75.6 Å². The number of nitrogens with one attached hydrogen (secondary N) is 1. The summed E-state index contributed by atoms with van der Waals surface area (Å²) in [6.45, 7) is 5.59. The third kappa shape index (κ3) is 33.8. The van der Waals surface area contributed by atoms with E-state index in [-0.39, 0.29) is 6.42 Å². The van der Waals surface area contributed by atoms with Gasteiger partial charge in [0.15, 0.2) is 0 Å². The fraction of sp³-hybridized carbons (Fsp3) is 0.949. The molecule has 0 aromatic rings. The van der Waals surface area contributed by atoms with Gasteiger partial charge in [0.25, 0.3) is 0 Å². The minimum absolute atomic E-state index is 0.0903. The lowest BCUT2D eigenvalue weighted by atomic mass is 10.0. The first-order valence-corrected chi connectivity index (χ1v) is 19.7. The number of carbonyl (C=O) groups excluding carboxylic acids is 1. The molecule has 0 radical (unpaired) electrons. The molecule has 0 aromatic carbocycles. The van der Waals surface area contributed by atoms with Gasteiger partial charge in [0.2, 0.25) is 0 Å². The second kappa shape index (κ2) is 36.4. The monoisotopic (exact) mass is 624 g/mol. The van der Waals surface area contributed by atoms with Crippen molar-refractivity contribution >= 4 is 11.9 Å². The molecule has 1 atom stereocenters. The highest BCUT2D eigenvalue weighted by atomic mass is 16.5. The maximum absolute atomic E-state index is 12.2. The van der Waals surface area contributed by atoms with Gasteiger partial charge in [0.05, 0.1) is 13.0 Å². The highest BCUT2D eigenvalue weighted by molar-refractivity contribution is 5.81. The zero-order valence-corrected chi connectivity index (χ0v) is 29.8. The van der Waals surface area contributed by atoms with Gasteiger partial charge < -0.3 is 15.2 Å². The fourth-order valence-corrected chi connectivity index (χ4v) is 6.08. The number of carbonyl (C=O) groups is 2.